The van der Waals surface area contributed by atoms with Crippen molar-refractivity contribution in [1.82, 2.24) is 20.0 Å². The number of carbonyl (C=O) groups excluding carboxylic acids is 1. The van der Waals surface area contributed by atoms with E-state index in [1.54, 1.807) is 17.1 Å². The van der Waals surface area contributed by atoms with Crippen LogP contribution in [-0.4, -0.2) is 25.9 Å². The minimum Gasteiger partial charge on any atom is -0.296 e. The highest BCUT2D eigenvalue weighted by atomic mass is 79.9. The first kappa shape index (κ1) is 13.9. The number of rotatable bonds is 3. The molecule has 0 radical (unpaired) electrons. The molecule has 0 aliphatic heterocycles. The summed E-state index contributed by atoms with van der Waals surface area (Å²) in [6, 6.07) is 7.57. The second-order valence-corrected chi connectivity index (χ2v) is 6.41. The maximum atomic E-state index is 12.1. The lowest BCUT2D eigenvalue weighted by Gasteiger charge is -1.99. The highest BCUT2D eigenvalue weighted by molar-refractivity contribution is 9.10. The zero-order valence-corrected chi connectivity index (χ0v) is 13.3. The fourth-order valence-electron chi connectivity index (χ4n) is 1.69. The number of hydrogen-bond acceptors (Lipinski definition) is 5. The number of aryl methyl sites for hydroxylation is 1. The average Bonchev–Trinajstić information content (AvgIpc) is 3.08. The number of halogens is 1. The Balaban J connectivity index is 1.80. The molecule has 21 heavy (non-hydrogen) atoms. The molecule has 0 aliphatic carbocycles. The van der Waals surface area contributed by atoms with E-state index >= 15 is 0 Å². The molecule has 0 spiro atoms. The summed E-state index contributed by atoms with van der Waals surface area (Å²) in [6.07, 6.45) is 3.29. The van der Waals surface area contributed by atoms with Crippen LogP contribution in [0.2, 0.25) is 0 Å². The van der Waals surface area contributed by atoms with E-state index in [-0.39, 0.29) is 11.6 Å². The summed E-state index contributed by atoms with van der Waals surface area (Å²) in [5.41, 5.74) is 1.06. The second kappa shape index (κ2) is 5.74. The Hall–Kier alpha value is -2.06. The molecule has 3 rings (SSSR count). The van der Waals surface area contributed by atoms with E-state index in [0.29, 0.717) is 5.13 Å². The van der Waals surface area contributed by atoms with E-state index in [9.17, 15) is 4.79 Å². The first-order valence-electron chi connectivity index (χ1n) is 6.04. The van der Waals surface area contributed by atoms with Crippen LogP contribution in [0.15, 0.2) is 41.1 Å². The van der Waals surface area contributed by atoms with Crippen LogP contribution in [0.4, 0.5) is 5.13 Å². The van der Waals surface area contributed by atoms with Gasteiger partial charge in [0.1, 0.15) is 0 Å². The van der Waals surface area contributed by atoms with Gasteiger partial charge in [0.15, 0.2) is 10.8 Å². The Morgan fingerprint density at radius 3 is 3.00 bits per heavy atom. The number of nitrogens with zero attached hydrogens (tertiary/aromatic N) is 4. The van der Waals surface area contributed by atoms with Gasteiger partial charge in [-0.2, -0.15) is 0 Å². The zero-order chi connectivity index (χ0) is 14.8. The van der Waals surface area contributed by atoms with E-state index in [2.05, 4.69) is 36.5 Å². The quantitative estimate of drug-likeness (QED) is 0.775. The number of benzene rings is 1. The summed E-state index contributed by atoms with van der Waals surface area (Å²) in [7, 11) is 0. The summed E-state index contributed by atoms with van der Waals surface area (Å²) < 4.78 is 2.48. The average molecular weight is 364 g/mol. The monoisotopic (exact) mass is 363 g/mol. The third-order valence-electron chi connectivity index (χ3n) is 2.64. The van der Waals surface area contributed by atoms with Crippen molar-refractivity contribution in [3.05, 3.63) is 51.7 Å². The predicted octanol–water partition coefficient (Wildman–Crippen LogP) is 3.05. The van der Waals surface area contributed by atoms with Gasteiger partial charge in [0.05, 0.1) is 11.9 Å². The van der Waals surface area contributed by atoms with Gasteiger partial charge in [-0.05, 0) is 25.1 Å². The third-order valence-corrected chi connectivity index (χ3v) is 3.96. The van der Waals surface area contributed by atoms with Crippen molar-refractivity contribution in [1.29, 1.82) is 0 Å². The number of hydrogen-bond donors (Lipinski definition) is 1. The fourth-order valence-corrected chi connectivity index (χ4v) is 2.73. The van der Waals surface area contributed by atoms with Crippen LogP contribution in [0.5, 0.6) is 0 Å². The number of amides is 1. The van der Waals surface area contributed by atoms with Crippen LogP contribution in [0.25, 0.3) is 5.69 Å². The molecule has 0 bridgehead atoms. The highest BCUT2D eigenvalue weighted by Gasteiger charge is 2.13. The van der Waals surface area contributed by atoms with Gasteiger partial charge >= 0.3 is 0 Å². The first-order chi connectivity index (χ1) is 10.1. The Morgan fingerprint density at radius 2 is 2.29 bits per heavy atom. The lowest BCUT2D eigenvalue weighted by atomic mass is 10.3. The lowest BCUT2D eigenvalue weighted by molar-refractivity contribution is 0.102. The van der Waals surface area contributed by atoms with Crippen LogP contribution in [0.3, 0.4) is 0 Å². The molecule has 1 amide bonds. The lowest BCUT2D eigenvalue weighted by Crippen LogP contribution is -2.12. The van der Waals surface area contributed by atoms with Gasteiger partial charge in [-0.25, -0.2) is 9.67 Å². The maximum absolute atomic E-state index is 12.1. The second-order valence-electron chi connectivity index (χ2n) is 4.26. The van der Waals surface area contributed by atoms with Gasteiger partial charge in [-0.3, -0.25) is 10.1 Å². The molecule has 8 heteroatoms. The molecule has 1 aromatic carbocycles. The SMILES string of the molecule is Cc1cnc(NC(=O)c2cn(-c3cccc(Br)c3)nn2)s1. The number of nitrogens with one attached hydrogen (secondary N) is 1. The van der Waals surface area contributed by atoms with E-state index < -0.39 is 0 Å². The summed E-state index contributed by atoms with van der Waals surface area (Å²) in [5, 5.41) is 11.1. The molecule has 0 saturated carbocycles. The molecule has 106 valence electrons. The first-order valence-corrected chi connectivity index (χ1v) is 7.65. The van der Waals surface area contributed by atoms with E-state index in [0.717, 1.165) is 15.0 Å². The number of aromatic nitrogens is 4. The highest BCUT2D eigenvalue weighted by Crippen LogP contribution is 2.18. The third kappa shape index (κ3) is 3.17. The zero-order valence-electron chi connectivity index (χ0n) is 10.9. The number of thiazole rings is 1. The van der Waals surface area contributed by atoms with Crippen LogP contribution >= 0.6 is 27.3 Å². The molecule has 0 fully saturated rings. The molecular formula is C13H10BrN5OS. The van der Waals surface area contributed by atoms with Crippen molar-refractivity contribution < 1.29 is 4.79 Å². The molecular weight excluding hydrogens is 354 g/mol. The topological polar surface area (TPSA) is 72.7 Å². The molecule has 0 saturated heterocycles. The summed E-state index contributed by atoms with van der Waals surface area (Å²) in [6.45, 7) is 1.93. The van der Waals surface area contributed by atoms with Gasteiger partial charge in [0.2, 0.25) is 0 Å². The van der Waals surface area contributed by atoms with Crippen molar-refractivity contribution in [2.24, 2.45) is 0 Å². The molecule has 0 unspecified atom stereocenters. The minimum absolute atomic E-state index is 0.239. The van der Waals surface area contributed by atoms with Crippen molar-refractivity contribution in [3.63, 3.8) is 0 Å². The van der Waals surface area contributed by atoms with Crippen LogP contribution < -0.4 is 5.32 Å². The molecule has 2 heterocycles. The molecule has 0 aliphatic rings. The molecule has 0 atom stereocenters. The minimum atomic E-state index is -0.328. The summed E-state index contributed by atoms with van der Waals surface area (Å²) >= 11 is 4.81. The Kier molecular flexibility index (Phi) is 3.80. The van der Waals surface area contributed by atoms with E-state index in [4.69, 9.17) is 0 Å². The normalized spacial score (nSPS) is 10.6. The van der Waals surface area contributed by atoms with Gasteiger partial charge in [-0.15, -0.1) is 16.4 Å². The summed E-state index contributed by atoms with van der Waals surface area (Å²) in [4.78, 5) is 17.2. The summed E-state index contributed by atoms with van der Waals surface area (Å²) in [5.74, 6) is -0.328. The Morgan fingerprint density at radius 1 is 1.43 bits per heavy atom. The van der Waals surface area contributed by atoms with Gasteiger partial charge < -0.3 is 0 Å². The number of anilines is 1. The van der Waals surface area contributed by atoms with Crippen LogP contribution in [0.1, 0.15) is 15.4 Å². The van der Waals surface area contributed by atoms with Crippen molar-refractivity contribution >= 4 is 38.3 Å². The van der Waals surface area contributed by atoms with Crippen molar-refractivity contribution in [3.8, 4) is 5.69 Å². The van der Waals surface area contributed by atoms with Crippen molar-refractivity contribution in [2.45, 2.75) is 6.92 Å². The van der Waals surface area contributed by atoms with Crippen LogP contribution in [0, 0.1) is 6.92 Å². The molecule has 3 aromatic rings. The maximum Gasteiger partial charge on any atom is 0.279 e. The Bertz CT molecular complexity index is 797. The smallest absolute Gasteiger partial charge is 0.279 e. The van der Waals surface area contributed by atoms with Crippen LogP contribution in [-0.2, 0) is 0 Å². The van der Waals surface area contributed by atoms with Crippen molar-refractivity contribution in [2.75, 3.05) is 5.32 Å². The molecule has 1 N–H and O–H groups in total. The van der Waals surface area contributed by atoms with Gasteiger partial charge in [0, 0.05) is 15.5 Å². The van der Waals surface area contributed by atoms with E-state index in [1.165, 1.54) is 11.3 Å². The predicted molar refractivity (Wildman–Crippen MR) is 83.9 cm³/mol. The molecule has 6 nitrogen and oxygen atoms in total. The van der Waals surface area contributed by atoms with Gasteiger partial charge in [-0.1, -0.05) is 27.2 Å². The fraction of sp³-hybridized carbons (Fsp3) is 0.0769. The largest absolute Gasteiger partial charge is 0.296 e. The Labute approximate surface area is 133 Å². The van der Waals surface area contributed by atoms with E-state index in [1.807, 2.05) is 31.2 Å². The number of carbonyl (C=O) groups is 1. The standard InChI is InChI=1S/C13H10BrN5OS/c1-8-6-15-13(21-8)16-12(20)11-7-19(18-17-11)10-4-2-3-9(14)5-10/h2-7H,1H3,(H,15,16,20). The molecule has 2 aromatic heterocycles. The van der Waals surface area contributed by atoms with Gasteiger partial charge in [0.25, 0.3) is 5.91 Å².